The van der Waals surface area contributed by atoms with Gasteiger partial charge in [0.2, 0.25) is 5.91 Å². The molecule has 4 aromatic rings. The first-order valence-corrected chi connectivity index (χ1v) is 12.8. The number of hydrogen-bond donors (Lipinski definition) is 2. The van der Waals surface area contributed by atoms with Gasteiger partial charge in [0, 0.05) is 23.9 Å². The van der Waals surface area contributed by atoms with Crippen molar-refractivity contribution in [3.63, 3.8) is 0 Å². The molecule has 208 valence electrons. The Morgan fingerprint density at radius 2 is 1.68 bits per heavy atom. The smallest absolute Gasteiger partial charge is 0.315 e. The van der Waals surface area contributed by atoms with Crippen molar-refractivity contribution in [3.05, 3.63) is 95.6 Å². The van der Waals surface area contributed by atoms with E-state index in [9.17, 15) is 22.8 Å². The second-order valence-corrected chi connectivity index (χ2v) is 9.46. The fourth-order valence-corrected chi connectivity index (χ4v) is 4.30. The highest BCUT2D eigenvalue weighted by molar-refractivity contribution is 5.97. The van der Waals surface area contributed by atoms with Gasteiger partial charge >= 0.3 is 12.2 Å². The summed E-state index contributed by atoms with van der Waals surface area (Å²) in [5.41, 5.74) is 3.48. The Morgan fingerprint density at radius 1 is 0.925 bits per heavy atom. The monoisotopic (exact) mass is 549 g/mol. The first-order chi connectivity index (χ1) is 19.0. The number of halogens is 3. The first-order valence-electron chi connectivity index (χ1n) is 12.8. The van der Waals surface area contributed by atoms with Gasteiger partial charge in [0.15, 0.2) is 0 Å². The van der Waals surface area contributed by atoms with Crippen LogP contribution in [0.3, 0.4) is 0 Å². The van der Waals surface area contributed by atoms with Crippen molar-refractivity contribution >= 4 is 23.4 Å². The van der Waals surface area contributed by atoms with Gasteiger partial charge in [-0.3, -0.25) is 4.79 Å². The van der Waals surface area contributed by atoms with Crippen molar-refractivity contribution in [2.45, 2.75) is 33.4 Å². The summed E-state index contributed by atoms with van der Waals surface area (Å²) in [6.45, 7) is 5.70. The minimum absolute atomic E-state index is 0.0123. The molecule has 0 aliphatic carbocycles. The maximum atomic E-state index is 13.2. The number of nitrogens with one attached hydrogen (secondary N) is 2. The molecule has 0 unspecified atom stereocenters. The van der Waals surface area contributed by atoms with E-state index >= 15 is 0 Å². The third kappa shape index (κ3) is 6.88. The second-order valence-electron chi connectivity index (χ2n) is 9.46. The van der Waals surface area contributed by atoms with Gasteiger partial charge in [-0.1, -0.05) is 61.0 Å². The van der Waals surface area contributed by atoms with Crippen LogP contribution in [0, 0.1) is 13.8 Å². The molecule has 0 saturated heterocycles. The predicted molar refractivity (Wildman–Crippen MR) is 149 cm³/mol. The third-order valence-electron chi connectivity index (χ3n) is 6.18. The van der Waals surface area contributed by atoms with E-state index in [0.717, 1.165) is 34.5 Å². The maximum absolute atomic E-state index is 13.2. The lowest BCUT2D eigenvalue weighted by molar-refractivity contribution is -0.137. The standard InChI is InChI=1S/C30H30F3N5O2/c1-4-15-37(29(40)34-24-12-8-11-23(17-24)30(31,32)33)19-28(39)35-27-18-25(22-9-6-5-7-10-22)36-38(27)26-14-13-20(2)16-21(26)3/h5-14,16-18H,4,15,19H2,1-3H3,(H,34,40)(H,35,39). The molecule has 0 bridgehead atoms. The van der Waals surface area contributed by atoms with E-state index in [1.165, 1.54) is 17.0 Å². The van der Waals surface area contributed by atoms with Gasteiger partial charge in [-0.15, -0.1) is 0 Å². The van der Waals surface area contributed by atoms with Crippen molar-refractivity contribution in [1.29, 1.82) is 0 Å². The summed E-state index contributed by atoms with van der Waals surface area (Å²) in [7, 11) is 0. The molecule has 0 saturated carbocycles. The number of aryl methyl sites for hydroxylation is 2. The third-order valence-corrected chi connectivity index (χ3v) is 6.18. The Morgan fingerprint density at radius 3 is 2.35 bits per heavy atom. The van der Waals surface area contributed by atoms with Gasteiger partial charge in [0.05, 0.1) is 16.9 Å². The number of carbonyl (C=O) groups excluding carboxylic acids is 2. The van der Waals surface area contributed by atoms with Crippen LogP contribution >= 0.6 is 0 Å². The van der Waals surface area contributed by atoms with E-state index in [1.54, 1.807) is 10.7 Å². The molecule has 0 atom stereocenters. The summed E-state index contributed by atoms with van der Waals surface area (Å²) >= 11 is 0. The van der Waals surface area contributed by atoms with E-state index in [2.05, 4.69) is 10.6 Å². The van der Waals surface area contributed by atoms with Crippen molar-refractivity contribution in [3.8, 4) is 16.9 Å². The molecule has 0 aliphatic rings. The molecular formula is C30H30F3N5O2. The predicted octanol–water partition coefficient (Wildman–Crippen LogP) is 7.06. The lowest BCUT2D eigenvalue weighted by Gasteiger charge is -2.22. The second kappa shape index (κ2) is 12.1. The van der Waals surface area contributed by atoms with E-state index in [1.807, 2.05) is 69.3 Å². The molecule has 40 heavy (non-hydrogen) atoms. The van der Waals surface area contributed by atoms with Crippen LogP contribution in [-0.4, -0.2) is 39.7 Å². The summed E-state index contributed by atoms with van der Waals surface area (Å²) in [4.78, 5) is 27.4. The summed E-state index contributed by atoms with van der Waals surface area (Å²) in [6, 6.07) is 20.9. The Hall–Kier alpha value is -4.60. The number of urea groups is 1. The minimum Gasteiger partial charge on any atom is -0.315 e. The number of anilines is 2. The molecule has 0 aliphatic heterocycles. The van der Waals surface area contributed by atoms with Crippen LogP contribution in [-0.2, 0) is 11.0 Å². The molecule has 2 N–H and O–H groups in total. The highest BCUT2D eigenvalue weighted by Gasteiger charge is 2.30. The average molecular weight is 550 g/mol. The molecule has 10 heteroatoms. The van der Waals surface area contributed by atoms with E-state index in [-0.39, 0.29) is 18.8 Å². The molecule has 3 amide bonds. The molecule has 0 radical (unpaired) electrons. The van der Waals surface area contributed by atoms with Crippen molar-refractivity contribution in [1.82, 2.24) is 14.7 Å². The molecular weight excluding hydrogens is 519 g/mol. The van der Waals surface area contributed by atoms with Crippen LogP contribution in [0.15, 0.2) is 78.9 Å². The van der Waals surface area contributed by atoms with Crippen molar-refractivity contribution in [2.75, 3.05) is 23.7 Å². The molecule has 0 spiro atoms. The average Bonchev–Trinajstić information content (AvgIpc) is 3.31. The van der Waals surface area contributed by atoms with Gasteiger partial charge in [-0.05, 0) is 50.1 Å². The Balaban J connectivity index is 1.56. The van der Waals surface area contributed by atoms with Gasteiger partial charge in [0.1, 0.15) is 12.4 Å². The normalized spacial score (nSPS) is 11.2. The maximum Gasteiger partial charge on any atom is 0.416 e. The summed E-state index contributed by atoms with van der Waals surface area (Å²) < 4.78 is 40.9. The zero-order valence-electron chi connectivity index (χ0n) is 22.4. The summed E-state index contributed by atoms with van der Waals surface area (Å²) in [5.74, 6) is -0.0521. The largest absolute Gasteiger partial charge is 0.416 e. The molecule has 4 rings (SSSR count). The Bertz CT molecular complexity index is 1500. The number of carbonyl (C=O) groups is 2. The number of aromatic nitrogens is 2. The van der Waals surface area contributed by atoms with E-state index in [0.29, 0.717) is 17.9 Å². The number of amides is 3. The molecule has 7 nitrogen and oxygen atoms in total. The number of rotatable bonds is 8. The van der Waals surface area contributed by atoms with Crippen LogP contribution in [0.2, 0.25) is 0 Å². The van der Waals surface area contributed by atoms with Crippen LogP contribution in [0.25, 0.3) is 16.9 Å². The van der Waals surface area contributed by atoms with Gasteiger partial charge in [-0.2, -0.15) is 18.3 Å². The summed E-state index contributed by atoms with van der Waals surface area (Å²) in [5, 5.41) is 10.1. The molecule has 1 aromatic heterocycles. The number of nitrogens with zero attached hydrogens (tertiary/aromatic N) is 3. The van der Waals surface area contributed by atoms with Crippen LogP contribution in [0.4, 0.5) is 29.5 Å². The quantitative estimate of drug-likeness (QED) is 0.247. The molecule has 3 aromatic carbocycles. The SMILES string of the molecule is CCCN(CC(=O)Nc1cc(-c2ccccc2)nn1-c1ccc(C)cc1C)C(=O)Nc1cccc(C(F)(F)F)c1. The molecule has 0 fully saturated rings. The first kappa shape index (κ1) is 28.4. The van der Waals surface area contributed by atoms with Crippen molar-refractivity contribution < 1.29 is 22.8 Å². The van der Waals surface area contributed by atoms with Gasteiger partial charge < -0.3 is 15.5 Å². The number of benzene rings is 3. The lowest BCUT2D eigenvalue weighted by Crippen LogP contribution is -2.41. The highest BCUT2D eigenvalue weighted by Crippen LogP contribution is 2.31. The van der Waals surface area contributed by atoms with Crippen LogP contribution in [0.5, 0.6) is 0 Å². The topological polar surface area (TPSA) is 79.3 Å². The zero-order chi connectivity index (χ0) is 28.9. The zero-order valence-corrected chi connectivity index (χ0v) is 22.4. The fourth-order valence-electron chi connectivity index (χ4n) is 4.30. The van der Waals surface area contributed by atoms with E-state index < -0.39 is 23.7 Å². The highest BCUT2D eigenvalue weighted by atomic mass is 19.4. The minimum atomic E-state index is -4.54. The Labute approximate surface area is 230 Å². The van der Waals surface area contributed by atoms with Gasteiger partial charge in [-0.25, -0.2) is 9.48 Å². The van der Waals surface area contributed by atoms with Crippen molar-refractivity contribution in [2.24, 2.45) is 0 Å². The Kier molecular flexibility index (Phi) is 8.57. The van der Waals surface area contributed by atoms with Gasteiger partial charge in [0.25, 0.3) is 0 Å². The van der Waals surface area contributed by atoms with Crippen LogP contribution in [0.1, 0.15) is 30.0 Å². The lowest BCUT2D eigenvalue weighted by atomic mass is 10.1. The molecule has 1 heterocycles. The number of hydrogen-bond acceptors (Lipinski definition) is 3. The summed E-state index contributed by atoms with van der Waals surface area (Å²) in [6.07, 6.45) is -4.00. The fraction of sp³-hybridized carbons (Fsp3) is 0.233. The van der Waals surface area contributed by atoms with Crippen LogP contribution < -0.4 is 10.6 Å². The number of alkyl halides is 3. The van der Waals surface area contributed by atoms with E-state index in [4.69, 9.17) is 5.10 Å².